The molecule has 0 spiro atoms. The Morgan fingerprint density at radius 1 is 0.833 bits per heavy atom. The molecule has 2 aromatic carbocycles. The highest BCUT2D eigenvalue weighted by molar-refractivity contribution is 5.66. The fourth-order valence-electron chi connectivity index (χ4n) is 2.37. The van der Waals surface area contributed by atoms with E-state index in [1.807, 2.05) is 18.2 Å². The second-order valence-corrected chi connectivity index (χ2v) is 5.06. The summed E-state index contributed by atoms with van der Waals surface area (Å²) in [6.45, 7) is 0. The van der Waals surface area contributed by atoms with Gasteiger partial charge in [0.15, 0.2) is 11.5 Å². The second-order valence-electron chi connectivity index (χ2n) is 5.06. The predicted molar refractivity (Wildman–Crippen MR) is 93.5 cm³/mol. The molecule has 0 saturated carbocycles. The van der Waals surface area contributed by atoms with Crippen molar-refractivity contribution in [2.45, 2.75) is 6.42 Å². The third-order valence-corrected chi connectivity index (χ3v) is 3.63. The Morgan fingerprint density at radius 3 is 1.96 bits per heavy atom. The van der Waals surface area contributed by atoms with E-state index >= 15 is 0 Å². The third kappa shape index (κ3) is 3.93. The van der Waals surface area contributed by atoms with Crippen LogP contribution in [-0.4, -0.2) is 33.5 Å². The lowest BCUT2D eigenvalue weighted by Gasteiger charge is -2.12. The van der Waals surface area contributed by atoms with Crippen molar-refractivity contribution >= 4 is 6.08 Å². The topological polar surface area (TPSA) is 57.2 Å². The van der Waals surface area contributed by atoms with Crippen molar-refractivity contribution in [1.29, 1.82) is 0 Å². The minimum absolute atomic E-state index is 0.128. The molecule has 5 heteroatoms. The zero-order valence-corrected chi connectivity index (χ0v) is 14.3. The first-order valence-corrected chi connectivity index (χ1v) is 7.45. The summed E-state index contributed by atoms with van der Waals surface area (Å²) in [6, 6.07) is 8.95. The van der Waals surface area contributed by atoms with Gasteiger partial charge >= 0.3 is 0 Å². The van der Waals surface area contributed by atoms with Gasteiger partial charge in [0.1, 0.15) is 17.2 Å². The Balaban J connectivity index is 2.23. The molecule has 0 radical (unpaired) electrons. The lowest BCUT2D eigenvalue weighted by Crippen LogP contribution is -1.95. The molecule has 0 heterocycles. The van der Waals surface area contributed by atoms with Crippen LogP contribution < -0.4 is 18.9 Å². The van der Waals surface area contributed by atoms with Gasteiger partial charge in [0.05, 0.1) is 34.0 Å². The monoisotopic (exact) mass is 330 g/mol. The van der Waals surface area contributed by atoms with Gasteiger partial charge in [-0.1, -0.05) is 18.2 Å². The van der Waals surface area contributed by atoms with E-state index < -0.39 is 0 Å². The van der Waals surface area contributed by atoms with Crippen molar-refractivity contribution in [3.05, 3.63) is 47.5 Å². The van der Waals surface area contributed by atoms with Gasteiger partial charge < -0.3 is 24.1 Å². The van der Waals surface area contributed by atoms with Crippen LogP contribution in [0.3, 0.4) is 0 Å². The largest absolute Gasteiger partial charge is 0.504 e. The Bertz CT molecular complexity index is 697. The molecular weight excluding hydrogens is 308 g/mol. The van der Waals surface area contributed by atoms with Gasteiger partial charge in [0.2, 0.25) is 0 Å². The zero-order valence-electron chi connectivity index (χ0n) is 14.3. The van der Waals surface area contributed by atoms with E-state index in [9.17, 15) is 5.11 Å². The summed E-state index contributed by atoms with van der Waals surface area (Å²) in [5.74, 6) is 2.59. The molecule has 0 unspecified atom stereocenters. The molecule has 0 aliphatic heterocycles. The van der Waals surface area contributed by atoms with Crippen LogP contribution in [0.25, 0.3) is 6.08 Å². The van der Waals surface area contributed by atoms with Crippen molar-refractivity contribution in [3.8, 4) is 28.7 Å². The summed E-state index contributed by atoms with van der Waals surface area (Å²) in [7, 11) is 6.33. The predicted octanol–water partition coefficient (Wildman–Crippen LogP) is 3.68. The van der Waals surface area contributed by atoms with Crippen LogP contribution in [-0.2, 0) is 6.42 Å². The number of allylic oxidation sites excluding steroid dienone is 1. The summed E-state index contributed by atoms with van der Waals surface area (Å²) in [4.78, 5) is 0. The number of aromatic hydroxyl groups is 1. The highest BCUT2D eigenvalue weighted by atomic mass is 16.5. The average molecular weight is 330 g/mol. The van der Waals surface area contributed by atoms with Crippen molar-refractivity contribution in [2.75, 3.05) is 28.4 Å². The molecular formula is C19H22O5. The van der Waals surface area contributed by atoms with E-state index in [1.165, 1.54) is 7.11 Å². The summed E-state index contributed by atoms with van der Waals surface area (Å²) >= 11 is 0. The molecule has 24 heavy (non-hydrogen) atoms. The first kappa shape index (κ1) is 17.5. The minimum Gasteiger partial charge on any atom is -0.504 e. The fraction of sp³-hybridized carbons (Fsp3) is 0.263. The van der Waals surface area contributed by atoms with E-state index in [1.54, 1.807) is 45.6 Å². The summed E-state index contributed by atoms with van der Waals surface area (Å²) in [6.07, 6.45) is 4.56. The van der Waals surface area contributed by atoms with E-state index in [2.05, 4.69) is 0 Å². The van der Waals surface area contributed by atoms with Gasteiger partial charge in [-0.3, -0.25) is 0 Å². The molecule has 0 atom stereocenters. The van der Waals surface area contributed by atoms with Crippen LogP contribution in [0.15, 0.2) is 36.4 Å². The number of hydrogen-bond acceptors (Lipinski definition) is 5. The van der Waals surface area contributed by atoms with E-state index in [0.717, 1.165) is 11.1 Å². The third-order valence-electron chi connectivity index (χ3n) is 3.63. The lowest BCUT2D eigenvalue weighted by atomic mass is 10.1. The molecule has 2 aromatic rings. The SMILES string of the molecule is COc1cc(OC)c(/C=C/Cc2ccc(OC)c(O)c2)c(OC)c1. The van der Waals surface area contributed by atoms with Crippen LogP contribution in [0, 0.1) is 0 Å². The summed E-state index contributed by atoms with van der Waals surface area (Å²) in [5, 5.41) is 9.83. The molecule has 1 N–H and O–H groups in total. The van der Waals surface area contributed by atoms with Gasteiger partial charge in [-0.2, -0.15) is 0 Å². The standard InChI is InChI=1S/C19H22O5/c1-21-14-11-18(23-3)15(19(12-14)24-4)7-5-6-13-8-9-17(22-2)16(20)10-13/h5,7-12,20H,6H2,1-4H3/b7-5+. The first-order chi connectivity index (χ1) is 11.6. The lowest BCUT2D eigenvalue weighted by molar-refractivity contribution is 0.373. The number of phenolic OH excluding ortho intramolecular Hbond substituents is 1. The van der Waals surface area contributed by atoms with Crippen LogP contribution in [0.4, 0.5) is 0 Å². The molecule has 0 bridgehead atoms. The van der Waals surface area contributed by atoms with Crippen molar-refractivity contribution in [1.82, 2.24) is 0 Å². The van der Waals surface area contributed by atoms with Crippen molar-refractivity contribution in [3.63, 3.8) is 0 Å². The van der Waals surface area contributed by atoms with E-state index in [-0.39, 0.29) is 5.75 Å². The normalized spacial score (nSPS) is 10.7. The van der Waals surface area contributed by atoms with E-state index in [4.69, 9.17) is 18.9 Å². The number of methoxy groups -OCH3 is 4. The van der Waals surface area contributed by atoms with Gasteiger partial charge in [-0.05, 0) is 24.1 Å². The van der Waals surface area contributed by atoms with Crippen LogP contribution in [0.2, 0.25) is 0 Å². The minimum atomic E-state index is 0.128. The van der Waals surface area contributed by atoms with Gasteiger partial charge in [-0.15, -0.1) is 0 Å². The molecule has 5 nitrogen and oxygen atoms in total. The van der Waals surface area contributed by atoms with Crippen LogP contribution >= 0.6 is 0 Å². The van der Waals surface area contributed by atoms with Crippen LogP contribution in [0.5, 0.6) is 28.7 Å². The Kier molecular flexibility index (Phi) is 5.95. The zero-order chi connectivity index (χ0) is 17.5. The average Bonchev–Trinajstić information content (AvgIpc) is 2.61. The van der Waals surface area contributed by atoms with Gasteiger partial charge in [0, 0.05) is 12.1 Å². The molecule has 0 fully saturated rings. The maximum Gasteiger partial charge on any atom is 0.160 e. The maximum absolute atomic E-state index is 9.83. The molecule has 0 saturated heterocycles. The second kappa shape index (κ2) is 8.15. The fourth-order valence-corrected chi connectivity index (χ4v) is 2.37. The maximum atomic E-state index is 9.83. The molecule has 0 aliphatic rings. The molecule has 128 valence electrons. The Labute approximate surface area is 142 Å². The molecule has 2 rings (SSSR count). The Hall–Kier alpha value is -2.82. The van der Waals surface area contributed by atoms with Crippen molar-refractivity contribution in [2.24, 2.45) is 0 Å². The van der Waals surface area contributed by atoms with Crippen LogP contribution in [0.1, 0.15) is 11.1 Å². The summed E-state index contributed by atoms with van der Waals surface area (Å²) in [5.41, 5.74) is 1.80. The molecule has 0 aromatic heterocycles. The van der Waals surface area contributed by atoms with Gasteiger partial charge in [0.25, 0.3) is 0 Å². The van der Waals surface area contributed by atoms with Gasteiger partial charge in [-0.25, -0.2) is 0 Å². The first-order valence-electron chi connectivity index (χ1n) is 7.45. The number of ether oxygens (including phenoxy) is 4. The number of hydrogen-bond donors (Lipinski definition) is 1. The summed E-state index contributed by atoms with van der Waals surface area (Å²) < 4.78 is 21.1. The van der Waals surface area contributed by atoms with E-state index in [0.29, 0.717) is 29.4 Å². The number of phenols is 1. The molecule has 0 aliphatic carbocycles. The highest BCUT2D eigenvalue weighted by Crippen LogP contribution is 2.35. The highest BCUT2D eigenvalue weighted by Gasteiger charge is 2.10. The Morgan fingerprint density at radius 2 is 1.46 bits per heavy atom. The number of benzene rings is 2. The van der Waals surface area contributed by atoms with Crippen molar-refractivity contribution < 1.29 is 24.1 Å². The molecule has 0 amide bonds. The quantitative estimate of drug-likeness (QED) is 0.839. The smallest absolute Gasteiger partial charge is 0.160 e. The number of rotatable bonds is 7.